The lowest BCUT2D eigenvalue weighted by Gasteiger charge is -2.48. The average Bonchev–Trinajstić information content (AvgIpc) is 2.64. The van der Waals surface area contributed by atoms with E-state index in [0.29, 0.717) is 5.56 Å². The van der Waals surface area contributed by atoms with Gasteiger partial charge in [0.1, 0.15) is 25.0 Å². The first-order valence-electron chi connectivity index (χ1n) is 10.6. The highest BCUT2D eigenvalue weighted by atomic mass is 28.4. The van der Waals surface area contributed by atoms with Gasteiger partial charge in [-0.2, -0.15) is 0 Å². The summed E-state index contributed by atoms with van der Waals surface area (Å²) in [6.45, 7) is 12.3. The van der Waals surface area contributed by atoms with Gasteiger partial charge in [0.05, 0.1) is 4.92 Å². The average molecular weight is 465 g/mol. The Morgan fingerprint density at radius 2 is 1.84 bits per heavy atom. The largest absolute Gasteiger partial charge is 0.460 e. The highest BCUT2D eigenvalue weighted by molar-refractivity contribution is 6.74. The normalized spacial score (nSPS) is 17.5. The van der Waals surface area contributed by atoms with Crippen molar-refractivity contribution in [2.24, 2.45) is 0 Å². The lowest BCUT2D eigenvalue weighted by molar-refractivity contribution is -0.384. The summed E-state index contributed by atoms with van der Waals surface area (Å²) in [5.74, 6) is -1.04. The van der Waals surface area contributed by atoms with Crippen molar-refractivity contribution in [3.63, 3.8) is 0 Å². The first-order valence-corrected chi connectivity index (χ1v) is 13.5. The van der Waals surface area contributed by atoms with Crippen molar-refractivity contribution >= 4 is 31.7 Å². The van der Waals surface area contributed by atoms with Crippen molar-refractivity contribution in [1.29, 1.82) is 0 Å². The Kier molecular flexibility index (Phi) is 7.95. The third-order valence-electron chi connectivity index (χ3n) is 6.11. The molecule has 1 aliphatic rings. The molecule has 1 fully saturated rings. The predicted molar refractivity (Wildman–Crippen MR) is 120 cm³/mol. The Bertz CT molecular complexity index is 877. The van der Waals surface area contributed by atoms with Gasteiger partial charge in [-0.15, -0.1) is 0 Å². The van der Waals surface area contributed by atoms with Crippen LogP contribution in [0.25, 0.3) is 0 Å². The standard InChI is InChI=1S/C22H32N2O7Si/c1-15(31-32(5,6)22(2,3)4)23-18(12-20(23)26)11-19(25)13-21(27)30-14-16-7-9-17(10-8-16)24(28)29/h7-10,15,18H,11-14H2,1-6H3/t15-,18?/m1/s1. The number of non-ortho nitro benzene ring substituents is 1. The number of Topliss-reactive ketones (excluding diaryl/α,β-unsaturated/α-hetero) is 1. The maximum absolute atomic E-state index is 12.4. The molecule has 0 aromatic heterocycles. The molecule has 32 heavy (non-hydrogen) atoms. The molecule has 1 heterocycles. The fourth-order valence-corrected chi connectivity index (χ4v) is 4.57. The molecule has 0 saturated carbocycles. The monoisotopic (exact) mass is 464 g/mol. The number of hydrogen-bond acceptors (Lipinski definition) is 7. The summed E-state index contributed by atoms with van der Waals surface area (Å²) in [5.41, 5.74) is 0.533. The van der Waals surface area contributed by atoms with Crippen molar-refractivity contribution in [1.82, 2.24) is 4.90 Å². The minimum absolute atomic E-state index is 0.00603. The van der Waals surface area contributed by atoms with E-state index in [4.69, 9.17) is 9.16 Å². The summed E-state index contributed by atoms with van der Waals surface area (Å²) in [4.78, 5) is 48.3. The van der Waals surface area contributed by atoms with E-state index in [1.165, 1.54) is 24.3 Å². The summed E-state index contributed by atoms with van der Waals surface area (Å²) < 4.78 is 11.4. The molecule has 1 amide bonds. The van der Waals surface area contributed by atoms with Gasteiger partial charge in [0.15, 0.2) is 8.32 Å². The van der Waals surface area contributed by atoms with Crippen LogP contribution in [0.5, 0.6) is 0 Å². The second-order valence-electron chi connectivity index (χ2n) is 9.64. The number of rotatable bonds is 10. The zero-order valence-corrected chi connectivity index (χ0v) is 20.5. The van der Waals surface area contributed by atoms with Crippen molar-refractivity contribution in [2.45, 2.75) is 84.0 Å². The van der Waals surface area contributed by atoms with E-state index >= 15 is 0 Å². The molecule has 2 atom stereocenters. The summed E-state index contributed by atoms with van der Waals surface area (Å²) in [6.07, 6.45) is -0.481. The molecule has 1 unspecified atom stereocenters. The van der Waals surface area contributed by atoms with Crippen molar-refractivity contribution in [3.8, 4) is 0 Å². The van der Waals surface area contributed by atoms with Crippen LogP contribution in [0.3, 0.4) is 0 Å². The van der Waals surface area contributed by atoms with Crippen LogP contribution < -0.4 is 0 Å². The number of nitro groups is 1. The summed E-state index contributed by atoms with van der Waals surface area (Å²) in [6, 6.07) is 5.36. The van der Waals surface area contributed by atoms with Crippen LogP contribution in [0, 0.1) is 10.1 Å². The quantitative estimate of drug-likeness (QED) is 0.128. The summed E-state index contributed by atoms with van der Waals surface area (Å²) in [7, 11) is -2.08. The fraction of sp³-hybridized carbons (Fsp3) is 0.591. The molecule has 1 aromatic carbocycles. The number of ketones is 1. The number of β-lactam (4-membered cyclic amide) rings is 1. The molecule has 2 rings (SSSR count). The Hall–Kier alpha value is -2.59. The SMILES string of the molecule is C[C@@H](O[Si](C)(C)C(C)(C)C)N1C(=O)CC1CC(=O)CC(=O)OCc1ccc([N+](=O)[O-])cc1. The van der Waals surface area contributed by atoms with Crippen LogP contribution in [0.15, 0.2) is 24.3 Å². The number of hydrogen-bond donors (Lipinski definition) is 0. The minimum Gasteiger partial charge on any atom is -0.460 e. The summed E-state index contributed by atoms with van der Waals surface area (Å²) >= 11 is 0. The fourth-order valence-electron chi connectivity index (χ4n) is 3.25. The first kappa shape index (κ1) is 25.7. The summed E-state index contributed by atoms with van der Waals surface area (Å²) in [5, 5.41) is 10.7. The molecule has 176 valence electrons. The number of carbonyl (C=O) groups excluding carboxylic acids is 3. The maximum atomic E-state index is 12.4. The predicted octanol–water partition coefficient (Wildman–Crippen LogP) is 3.96. The van der Waals surface area contributed by atoms with Gasteiger partial charge in [0, 0.05) is 31.0 Å². The first-order chi connectivity index (χ1) is 14.7. The Labute approximate surface area is 189 Å². The second kappa shape index (κ2) is 9.91. The topological polar surface area (TPSA) is 116 Å². The molecule has 0 spiro atoms. The smallest absolute Gasteiger partial charge is 0.313 e. The lowest BCUT2D eigenvalue weighted by atomic mass is 9.95. The Morgan fingerprint density at radius 1 is 1.25 bits per heavy atom. The number of nitrogens with zero attached hydrogens (tertiary/aromatic N) is 2. The molecule has 9 nitrogen and oxygen atoms in total. The molecule has 0 bridgehead atoms. The Morgan fingerprint density at radius 3 is 2.34 bits per heavy atom. The van der Waals surface area contributed by atoms with Gasteiger partial charge >= 0.3 is 5.97 Å². The number of carbonyl (C=O) groups is 3. The van der Waals surface area contributed by atoms with E-state index in [9.17, 15) is 24.5 Å². The molecule has 1 aliphatic heterocycles. The van der Waals surface area contributed by atoms with Crippen LogP contribution in [-0.2, 0) is 30.2 Å². The molecule has 0 radical (unpaired) electrons. The van der Waals surface area contributed by atoms with Crippen molar-refractivity contribution < 1.29 is 28.5 Å². The van der Waals surface area contributed by atoms with E-state index in [-0.39, 0.29) is 54.3 Å². The van der Waals surface area contributed by atoms with E-state index in [1.54, 1.807) is 4.90 Å². The van der Waals surface area contributed by atoms with E-state index in [0.717, 1.165) is 0 Å². The number of likely N-dealkylation sites (tertiary alicyclic amines) is 1. The molecule has 0 N–H and O–H groups in total. The molecule has 1 aromatic rings. The van der Waals surface area contributed by atoms with Crippen LogP contribution >= 0.6 is 0 Å². The highest BCUT2D eigenvalue weighted by Crippen LogP contribution is 2.39. The van der Waals surface area contributed by atoms with Gasteiger partial charge in [-0.25, -0.2) is 0 Å². The molecule has 0 aliphatic carbocycles. The van der Waals surface area contributed by atoms with Gasteiger partial charge in [0.2, 0.25) is 5.91 Å². The van der Waals surface area contributed by atoms with Crippen LogP contribution in [-0.4, -0.2) is 48.1 Å². The number of esters is 1. The van der Waals surface area contributed by atoms with Crippen LogP contribution in [0.1, 0.15) is 52.5 Å². The van der Waals surface area contributed by atoms with Gasteiger partial charge < -0.3 is 14.1 Å². The van der Waals surface area contributed by atoms with Gasteiger partial charge in [-0.05, 0) is 42.8 Å². The van der Waals surface area contributed by atoms with Crippen LogP contribution in [0.4, 0.5) is 5.69 Å². The van der Waals surface area contributed by atoms with E-state index in [2.05, 4.69) is 33.9 Å². The minimum atomic E-state index is -2.08. The molecular weight excluding hydrogens is 432 g/mol. The lowest BCUT2D eigenvalue weighted by Crippen LogP contribution is -2.60. The third-order valence-corrected chi connectivity index (χ3v) is 10.6. The van der Waals surface area contributed by atoms with Gasteiger partial charge in [0.25, 0.3) is 5.69 Å². The van der Waals surface area contributed by atoms with Crippen LogP contribution in [0.2, 0.25) is 18.1 Å². The second-order valence-corrected chi connectivity index (χ2v) is 14.4. The molecule has 10 heteroatoms. The number of ether oxygens (including phenoxy) is 1. The van der Waals surface area contributed by atoms with Gasteiger partial charge in [-0.3, -0.25) is 24.5 Å². The third kappa shape index (κ3) is 6.46. The zero-order chi connectivity index (χ0) is 24.3. The van der Waals surface area contributed by atoms with E-state index < -0.39 is 25.4 Å². The van der Waals surface area contributed by atoms with Gasteiger partial charge in [-0.1, -0.05) is 20.8 Å². The molecular formula is C22H32N2O7Si. The zero-order valence-electron chi connectivity index (χ0n) is 19.5. The number of benzene rings is 1. The Balaban J connectivity index is 1.83. The van der Waals surface area contributed by atoms with Crippen molar-refractivity contribution in [3.05, 3.63) is 39.9 Å². The molecule has 1 saturated heterocycles. The number of amides is 1. The van der Waals surface area contributed by atoms with E-state index in [1.807, 2.05) is 6.92 Å². The maximum Gasteiger partial charge on any atom is 0.313 e. The number of nitro benzene ring substituents is 1. The van der Waals surface area contributed by atoms with Crippen molar-refractivity contribution in [2.75, 3.05) is 0 Å². The highest BCUT2D eigenvalue weighted by Gasteiger charge is 2.45.